The Labute approximate surface area is 111 Å². The van der Waals surface area contributed by atoms with Gasteiger partial charge in [0.15, 0.2) is 0 Å². The molecule has 0 amide bonds. The van der Waals surface area contributed by atoms with Gasteiger partial charge in [0.25, 0.3) is 0 Å². The lowest BCUT2D eigenvalue weighted by molar-refractivity contribution is 0.366. The highest BCUT2D eigenvalue weighted by Crippen LogP contribution is 2.37. The zero-order valence-corrected chi connectivity index (χ0v) is 11.3. The van der Waals surface area contributed by atoms with Crippen molar-refractivity contribution < 1.29 is 0 Å². The first-order chi connectivity index (χ1) is 8.84. The van der Waals surface area contributed by atoms with Crippen LogP contribution in [0, 0.1) is 5.92 Å². The van der Waals surface area contributed by atoms with Crippen molar-refractivity contribution in [2.75, 3.05) is 0 Å². The lowest BCUT2D eigenvalue weighted by atomic mass is 9.77. The summed E-state index contributed by atoms with van der Waals surface area (Å²) in [6.07, 6.45) is 10.7. The molecule has 0 heterocycles. The van der Waals surface area contributed by atoms with E-state index < -0.39 is 0 Å². The topological polar surface area (TPSA) is 26.0 Å². The van der Waals surface area contributed by atoms with Crippen molar-refractivity contribution in [2.24, 2.45) is 11.7 Å². The van der Waals surface area contributed by atoms with Crippen molar-refractivity contribution >= 4 is 0 Å². The second-order valence-electron chi connectivity index (χ2n) is 6.23. The molecule has 1 fully saturated rings. The van der Waals surface area contributed by atoms with E-state index in [1.807, 2.05) is 0 Å². The summed E-state index contributed by atoms with van der Waals surface area (Å²) in [7, 11) is 0. The third-order valence-corrected chi connectivity index (χ3v) is 5.06. The molecule has 2 N–H and O–H groups in total. The Morgan fingerprint density at radius 1 is 1.06 bits per heavy atom. The molecule has 1 aromatic carbocycles. The normalized spacial score (nSPS) is 25.9. The SMILES string of the molecule is NC(CC1CCCc2ccccc21)C1CCCC1. The van der Waals surface area contributed by atoms with E-state index in [-0.39, 0.29) is 0 Å². The quantitative estimate of drug-likeness (QED) is 0.852. The smallest absolute Gasteiger partial charge is 0.00729 e. The molecule has 0 bridgehead atoms. The summed E-state index contributed by atoms with van der Waals surface area (Å²) in [4.78, 5) is 0. The third-order valence-electron chi connectivity index (χ3n) is 5.06. The maximum atomic E-state index is 6.47. The number of nitrogens with two attached hydrogens (primary N) is 1. The zero-order valence-electron chi connectivity index (χ0n) is 11.3. The molecule has 2 aliphatic rings. The number of fused-ring (bicyclic) bond motifs is 1. The average Bonchev–Trinajstić information content (AvgIpc) is 2.93. The minimum Gasteiger partial charge on any atom is -0.327 e. The molecule has 1 nitrogen and oxygen atoms in total. The Kier molecular flexibility index (Phi) is 3.69. The second kappa shape index (κ2) is 5.44. The summed E-state index contributed by atoms with van der Waals surface area (Å²) >= 11 is 0. The molecule has 18 heavy (non-hydrogen) atoms. The van der Waals surface area contributed by atoms with E-state index in [0.29, 0.717) is 6.04 Å². The van der Waals surface area contributed by atoms with E-state index in [4.69, 9.17) is 5.73 Å². The van der Waals surface area contributed by atoms with Crippen LogP contribution in [0.2, 0.25) is 0 Å². The molecule has 0 radical (unpaired) electrons. The van der Waals surface area contributed by atoms with E-state index >= 15 is 0 Å². The first-order valence-corrected chi connectivity index (χ1v) is 7.68. The van der Waals surface area contributed by atoms with Gasteiger partial charge in [-0.25, -0.2) is 0 Å². The van der Waals surface area contributed by atoms with Crippen molar-refractivity contribution in [1.82, 2.24) is 0 Å². The maximum absolute atomic E-state index is 6.47. The van der Waals surface area contributed by atoms with Gasteiger partial charge >= 0.3 is 0 Å². The highest BCUT2D eigenvalue weighted by Gasteiger charge is 2.27. The minimum absolute atomic E-state index is 0.434. The Morgan fingerprint density at radius 3 is 2.67 bits per heavy atom. The van der Waals surface area contributed by atoms with Gasteiger partial charge in [0, 0.05) is 6.04 Å². The van der Waals surface area contributed by atoms with Crippen molar-refractivity contribution in [3.05, 3.63) is 35.4 Å². The van der Waals surface area contributed by atoms with Gasteiger partial charge in [-0.3, -0.25) is 0 Å². The Hall–Kier alpha value is -0.820. The maximum Gasteiger partial charge on any atom is 0.00729 e. The Bertz CT molecular complexity index is 392. The third kappa shape index (κ3) is 2.47. The van der Waals surface area contributed by atoms with Crippen LogP contribution < -0.4 is 5.73 Å². The minimum atomic E-state index is 0.434. The van der Waals surface area contributed by atoms with E-state index in [0.717, 1.165) is 11.8 Å². The van der Waals surface area contributed by atoms with Crippen molar-refractivity contribution in [3.63, 3.8) is 0 Å². The summed E-state index contributed by atoms with van der Waals surface area (Å²) in [6.45, 7) is 0. The van der Waals surface area contributed by atoms with E-state index in [1.165, 1.54) is 51.4 Å². The summed E-state index contributed by atoms with van der Waals surface area (Å²) in [5.41, 5.74) is 9.64. The summed E-state index contributed by atoms with van der Waals surface area (Å²) < 4.78 is 0. The lowest BCUT2D eigenvalue weighted by Gasteiger charge is -2.29. The van der Waals surface area contributed by atoms with Crippen molar-refractivity contribution in [3.8, 4) is 0 Å². The van der Waals surface area contributed by atoms with Crippen LogP contribution in [0.15, 0.2) is 24.3 Å². The molecule has 2 aliphatic carbocycles. The number of aryl methyl sites for hydroxylation is 1. The van der Waals surface area contributed by atoms with Gasteiger partial charge in [-0.1, -0.05) is 37.1 Å². The van der Waals surface area contributed by atoms with Crippen molar-refractivity contribution in [2.45, 2.75) is 63.3 Å². The molecule has 2 atom stereocenters. The van der Waals surface area contributed by atoms with E-state index in [2.05, 4.69) is 24.3 Å². The summed E-state index contributed by atoms with van der Waals surface area (Å²) in [5, 5.41) is 0. The van der Waals surface area contributed by atoms with Gasteiger partial charge in [0.2, 0.25) is 0 Å². The first kappa shape index (κ1) is 12.2. The van der Waals surface area contributed by atoms with E-state index in [1.54, 1.807) is 11.1 Å². The summed E-state index contributed by atoms with van der Waals surface area (Å²) in [6, 6.07) is 9.45. The molecule has 0 spiro atoms. The second-order valence-corrected chi connectivity index (χ2v) is 6.23. The predicted octanol–water partition coefficient (Wildman–Crippen LogP) is 4.01. The molecule has 0 aromatic heterocycles. The monoisotopic (exact) mass is 243 g/mol. The molecular weight excluding hydrogens is 218 g/mol. The molecule has 0 saturated heterocycles. The van der Waals surface area contributed by atoms with Gasteiger partial charge in [-0.05, 0) is 61.5 Å². The molecule has 1 saturated carbocycles. The predicted molar refractivity (Wildman–Crippen MR) is 76.7 cm³/mol. The van der Waals surface area contributed by atoms with Crippen LogP contribution in [-0.4, -0.2) is 6.04 Å². The zero-order chi connectivity index (χ0) is 12.4. The number of hydrogen-bond acceptors (Lipinski definition) is 1. The van der Waals surface area contributed by atoms with Gasteiger partial charge in [-0.15, -0.1) is 0 Å². The standard InChI is InChI=1S/C17H25N/c18-17(14-7-1-2-8-14)12-15-10-5-9-13-6-3-4-11-16(13)15/h3-4,6,11,14-15,17H,1-2,5,7-10,12,18H2. The van der Waals surface area contributed by atoms with E-state index in [9.17, 15) is 0 Å². The van der Waals surface area contributed by atoms with Gasteiger partial charge in [-0.2, -0.15) is 0 Å². The largest absolute Gasteiger partial charge is 0.327 e. The molecule has 3 rings (SSSR count). The fourth-order valence-electron chi connectivity index (χ4n) is 4.01. The van der Waals surface area contributed by atoms with Gasteiger partial charge in [0.05, 0.1) is 0 Å². The highest BCUT2D eigenvalue weighted by molar-refractivity contribution is 5.32. The molecule has 2 unspecified atom stereocenters. The number of benzene rings is 1. The lowest BCUT2D eigenvalue weighted by Crippen LogP contribution is -2.31. The molecular formula is C17H25N. The number of rotatable bonds is 3. The van der Waals surface area contributed by atoms with Crippen LogP contribution in [0.4, 0.5) is 0 Å². The molecule has 98 valence electrons. The van der Waals surface area contributed by atoms with Crippen LogP contribution in [0.5, 0.6) is 0 Å². The fourth-order valence-corrected chi connectivity index (χ4v) is 4.01. The number of hydrogen-bond donors (Lipinski definition) is 1. The van der Waals surface area contributed by atoms with Crippen molar-refractivity contribution in [1.29, 1.82) is 0 Å². The van der Waals surface area contributed by atoms with Crippen LogP contribution >= 0.6 is 0 Å². The van der Waals surface area contributed by atoms with Gasteiger partial charge < -0.3 is 5.73 Å². The Balaban J connectivity index is 1.70. The first-order valence-electron chi connectivity index (χ1n) is 7.68. The van der Waals surface area contributed by atoms with Crippen LogP contribution in [0.3, 0.4) is 0 Å². The molecule has 1 heteroatoms. The molecule has 0 aliphatic heterocycles. The van der Waals surface area contributed by atoms with Crippen LogP contribution in [0.25, 0.3) is 0 Å². The summed E-state index contributed by atoms with van der Waals surface area (Å²) in [5.74, 6) is 1.53. The molecule has 1 aromatic rings. The fraction of sp³-hybridized carbons (Fsp3) is 0.647. The van der Waals surface area contributed by atoms with Crippen LogP contribution in [-0.2, 0) is 6.42 Å². The van der Waals surface area contributed by atoms with Crippen LogP contribution in [0.1, 0.15) is 62.0 Å². The average molecular weight is 243 g/mol. The van der Waals surface area contributed by atoms with Gasteiger partial charge in [0.1, 0.15) is 0 Å². The Morgan fingerprint density at radius 2 is 1.83 bits per heavy atom. The highest BCUT2D eigenvalue weighted by atomic mass is 14.7.